The number of aliphatic hydroxyl groups is 2. The molecule has 0 spiro atoms. The number of alkyl carbamates (subject to hydrolysis) is 1. The Morgan fingerprint density at radius 2 is 1.66 bits per heavy atom. The Morgan fingerprint density at radius 1 is 1.00 bits per heavy atom. The van der Waals surface area contributed by atoms with Crippen LogP contribution >= 0.6 is 0 Å². The summed E-state index contributed by atoms with van der Waals surface area (Å²) in [7, 11) is 0. The summed E-state index contributed by atoms with van der Waals surface area (Å²) in [5.74, 6) is -0.670. The molecule has 0 heterocycles. The predicted octanol–water partition coefficient (Wildman–Crippen LogP) is 1.92. The first kappa shape index (κ1) is 22.1. The van der Waals surface area contributed by atoms with Gasteiger partial charge in [0.2, 0.25) is 5.91 Å². The Balaban J connectivity index is 1.78. The lowest BCUT2D eigenvalue weighted by Crippen LogP contribution is -2.35. The average molecular weight is 400 g/mol. The third-order valence-electron chi connectivity index (χ3n) is 3.98. The minimum Gasteiger partial charge on any atom is -0.445 e. The van der Waals surface area contributed by atoms with E-state index in [1.807, 2.05) is 30.3 Å². The standard InChI is InChI=1S/C21H24N2O6/c1-14(24)11-19(26)23-17-9-7-16(8-10-17)20(27)18(25)12-22-21(28)29-13-15-5-3-2-4-6-15/h2-10,18,20,25,27H,11-13H2,1H3,(H,22,28)(H,23,26). The summed E-state index contributed by atoms with van der Waals surface area (Å²) in [4.78, 5) is 34.2. The molecular weight excluding hydrogens is 376 g/mol. The van der Waals surface area contributed by atoms with Gasteiger partial charge < -0.3 is 25.6 Å². The van der Waals surface area contributed by atoms with Crippen molar-refractivity contribution in [2.24, 2.45) is 0 Å². The van der Waals surface area contributed by atoms with Gasteiger partial charge in [-0.3, -0.25) is 9.59 Å². The SMILES string of the molecule is CC(=O)CC(=O)Nc1ccc(C(O)C(O)CNC(=O)OCc2ccccc2)cc1. The van der Waals surface area contributed by atoms with E-state index in [1.54, 1.807) is 12.1 Å². The van der Waals surface area contributed by atoms with Gasteiger partial charge in [-0.25, -0.2) is 4.79 Å². The molecule has 2 atom stereocenters. The number of ketones is 1. The number of carbonyl (C=O) groups is 3. The molecule has 0 aliphatic carbocycles. The van der Waals surface area contributed by atoms with Crippen LogP contribution in [-0.4, -0.2) is 40.6 Å². The zero-order valence-electron chi connectivity index (χ0n) is 16.0. The highest BCUT2D eigenvalue weighted by molar-refractivity contribution is 6.03. The van der Waals surface area contributed by atoms with E-state index in [2.05, 4.69) is 10.6 Å². The quantitative estimate of drug-likeness (QED) is 0.477. The van der Waals surface area contributed by atoms with Gasteiger partial charge in [0, 0.05) is 12.2 Å². The average Bonchev–Trinajstić information content (AvgIpc) is 2.70. The number of benzene rings is 2. The molecule has 0 saturated carbocycles. The van der Waals surface area contributed by atoms with Crippen LogP contribution in [-0.2, 0) is 20.9 Å². The number of hydrogen-bond donors (Lipinski definition) is 4. The minimum absolute atomic E-state index is 0.0993. The Labute approximate surface area is 168 Å². The van der Waals surface area contributed by atoms with Gasteiger partial charge in [0.1, 0.15) is 24.6 Å². The summed E-state index contributed by atoms with van der Waals surface area (Å²) in [6, 6.07) is 15.3. The monoisotopic (exact) mass is 400 g/mol. The van der Waals surface area contributed by atoms with E-state index in [9.17, 15) is 24.6 Å². The van der Waals surface area contributed by atoms with Crippen LogP contribution in [0.5, 0.6) is 0 Å². The molecule has 0 bridgehead atoms. The number of ether oxygens (including phenoxy) is 1. The van der Waals surface area contributed by atoms with Gasteiger partial charge in [0.25, 0.3) is 0 Å². The molecule has 0 aliphatic heterocycles. The molecule has 2 aromatic carbocycles. The molecule has 8 nitrogen and oxygen atoms in total. The molecule has 2 unspecified atom stereocenters. The van der Waals surface area contributed by atoms with E-state index in [0.717, 1.165) is 5.56 Å². The highest BCUT2D eigenvalue weighted by Gasteiger charge is 2.19. The third kappa shape index (κ3) is 7.73. The van der Waals surface area contributed by atoms with Crippen LogP contribution in [0.2, 0.25) is 0 Å². The van der Waals surface area contributed by atoms with Crippen LogP contribution in [0, 0.1) is 0 Å². The number of aliphatic hydroxyl groups excluding tert-OH is 2. The van der Waals surface area contributed by atoms with Gasteiger partial charge in [0.15, 0.2) is 0 Å². The highest BCUT2D eigenvalue weighted by Crippen LogP contribution is 2.19. The zero-order valence-corrected chi connectivity index (χ0v) is 16.0. The van der Waals surface area contributed by atoms with E-state index < -0.39 is 24.2 Å². The van der Waals surface area contributed by atoms with E-state index in [1.165, 1.54) is 19.1 Å². The normalized spacial score (nSPS) is 12.5. The number of anilines is 1. The van der Waals surface area contributed by atoms with Gasteiger partial charge >= 0.3 is 6.09 Å². The van der Waals surface area contributed by atoms with Crippen LogP contribution in [0.1, 0.15) is 30.6 Å². The fourth-order valence-electron chi connectivity index (χ4n) is 2.49. The first-order chi connectivity index (χ1) is 13.8. The lowest BCUT2D eigenvalue weighted by molar-refractivity contribution is -0.124. The molecule has 154 valence electrons. The van der Waals surface area contributed by atoms with Crippen molar-refractivity contribution >= 4 is 23.5 Å². The maximum Gasteiger partial charge on any atom is 0.407 e. The molecule has 0 aromatic heterocycles. The number of hydrogen-bond acceptors (Lipinski definition) is 6. The maximum atomic E-state index is 11.7. The summed E-state index contributed by atoms with van der Waals surface area (Å²) in [6.07, 6.45) is -3.41. The zero-order chi connectivity index (χ0) is 21.2. The van der Waals surface area contributed by atoms with Gasteiger partial charge in [0.05, 0.1) is 6.42 Å². The second-order valence-electron chi connectivity index (χ2n) is 6.50. The molecule has 8 heteroatoms. The summed E-state index contributed by atoms with van der Waals surface area (Å²) in [6.45, 7) is 1.22. The number of rotatable bonds is 9. The van der Waals surface area contributed by atoms with Crippen LogP contribution in [0.3, 0.4) is 0 Å². The van der Waals surface area contributed by atoms with Crippen LogP contribution < -0.4 is 10.6 Å². The number of Topliss-reactive ketones (excluding diaryl/α,β-unsaturated/α-hetero) is 1. The molecule has 4 N–H and O–H groups in total. The smallest absolute Gasteiger partial charge is 0.407 e. The molecule has 2 rings (SSSR count). The molecule has 2 amide bonds. The van der Waals surface area contributed by atoms with Gasteiger partial charge in [-0.1, -0.05) is 42.5 Å². The van der Waals surface area contributed by atoms with Crippen molar-refractivity contribution in [1.29, 1.82) is 0 Å². The summed E-state index contributed by atoms with van der Waals surface area (Å²) >= 11 is 0. The number of amides is 2. The maximum absolute atomic E-state index is 11.7. The molecule has 0 aliphatic rings. The molecule has 0 fully saturated rings. The Morgan fingerprint density at radius 3 is 2.28 bits per heavy atom. The summed E-state index contributed by atoms with van der Waals surface area (Å²) in [5, 5.41) is 25.3. The van der Waals surface area contributed by atoms with Crippen LogP contribution in [0.4, 0.5) is 10.5 Å². The fourth-order valence-corrected chi connectivity index (χ4v) is 2.49. The van der Waals surface area contributed by atoms with Crippen LogP contribution in [0.25, 0.3) is 0 Å². The first-order valence-electron chi connectivity index (χ1n) is 9.05. The predicted molar refractivity (Wildman–Crippen MR) is 106 cm³/mol. The molecule has 2 aromatic rings. The number of nitrogens with one attached hydrogen (secondary N) is 2. The Hall–Kier alpha value is -3.23. The topological polar surface area (TPSA) is 125 Å². The van der Waals surface area contributed by atoms with Gasteiger partial charge in [-0.15, -0.1) is 0 Å². The highest BCUT2D eigenvalue weighted by atomic mass is 16.5. The van der Waals surface area contributed by atoms with Crippen molar-refractivity contribution in [1.82, 2.24) is 5.32 Å². The third-order valence-corrected chi connectivity index (χ3v) is 3.98. The molecule has 0 saturated heterocycles. The van der Waals surface area contributed by atoms with E-state index in [-0.39, 0.29) is 25.4 Å². The second-order valence-corrected chi connectivity index (χ2v) is 6.50. The van der Waals surface area contributed by atoms with Crippen molar-refractivity contribution < 1.29 is 29.3 Å². The van der Waals surface area contributed by atoms with E-state index in [0.29, 0.717) is 11.3 Å². The molecule has 29 heavy (non-hydrogen) atoms. The number of carbonyl (C=O) groups excluding carboxylic acids is 3. The van der Waals surface area contributed by atoms with Crippen molar-refractivity contribution in [2.75, 3.05) is 11.9 Å². The van der Waals surface area contributed by atoms with E-state index >= 15 is 0 Å². The van der Waals surface area contributed by atoms with E-state index in [4.69, 9.17) is 4.74 Å². The largest absolute Gasteiger partial charge is 0.445 e. The Bertz CT molecular complexity index is 823. The molecular formula is C21H24N2O6. The summed E-state index contributed by atoms with van der Waals surface area (Å²) in [5.41, 5.74) is 1.70. The van der Waals surface area contributed by atoms with Crippen molar-refractivity contribution in [2.45, 2.75) is 32.2 Å². The lowest BCUT2D eigenvalue weighted by atomic mass is 10.0. The van der Waals surface area contributed by atoms with Gasteiger partial charge in [-0.05, 0) is 30.2 Å². The first-order valence-corrected chi connectivity index (χ1v) is 9.05. The van der Waals surface area contributed by atoms with Crippen LogP contribution in [0.15, 0.2) is 54.6 Å². The molecule has 0 radical (unpaired) electrons. The summed E-state index contributed by atoms with van der Waals surface area (Å²) < 4.78 is 5.04. The second kappa shape index (κ2) is 10.9. The van der Waals surface area contributed by atoms with Crippen molar-refractivity contribution in [3.8, 4) is 0 Å². The Kier molecular flexibility index (Phi) is 8.32. The van der Waals surface area contributed by atoms with Crippen molar-refractivity contribution in [3.05, 3.63) is 65.7 Å². The van der Waals surface area contributed by atoms with Crippen molar-refractivity contribution in [3.63, 3.8) is 0 Å². The lowest BCUT2D eigenvalue weighted by Gasteiger charge is -2.19. The van der Waals surface area contributed by atoms with Gasteiger partial charge in [-0.2, -0.15) is 0 Å². The minimum atomic E-state index is -1.25. The fraction of sp³-hybridized carbons (Fsp3) is 0.286.